The van der Waals surface area contributed by atoms with E-state index in [9.17, 15) is 18.0 Å². The van der Waals surface area contributed by atoms with Crippen molar-refractivity contribution in [3.05, 3.63) is 48.0 Å². The molecule has 174 valence electrons. The van der Waals surface area contributed by atoms with Crippen LogP contribution < -0.4 is 5.32 Å². The van der Waals surface area contributed by atoms with E-state index in [2.05, 4.69) is 20.4 Å². The van der Waals surface area contributed by atoms with Gasteiger partial charge >= 0.3 is 5.97 Å². The Balaban J connectivity index is 1.40. The van der Waals surface area contributed by atoms with Gasteiger partial charge in [0.2, 0.25) is 10.0 Å². The Morgan fingerprint density at radius 3 is 2.76 bits per heavy atom. The quantitative estimate of drug-likeness (QED) is 0.484. The highest BCUT2D eigenvalue weighted by Crippen LogP contribution is 2.20. The number of benzene rings is 1. The van der Waals surface area contributed by atoms with Gasteiger partial charge in [0.15, 0.2) is 6.61 Å². The molecule has 1 aliphatic heterocycles. The highest BCUT2D eigenvalue weighted by molar-refractivity contribution is 7.89. The number of carbonyl (C=O) groups is 2. The molecule has 0 bridgehead atoms. The number of anilines is 1. The molecule has 0 unspecified atom stereocenters. The molecule has 1 aliphatic rings. The van der Waals surface area contributed by atoms with Gasteiger partial charge < -0.3 is 14.8 Å². The first kappa shape index (κ1) is 22.8. The lowest BCUT2D eigenvalue weighted by Crippen LogP contribution is -2.40. The van der Waals surface area contributed by atoms with Gasteiger partial charge in [-0.2, -0.15) is 14.4 Å². The molecule has 12 nitrogen and oxygen atoms in total. The van der Waals surface area contributed by atoms with Crippen LogP contribution in [-0.4, -0.2) is 77.1 Å². The van der Waals surface area contributed by atoms with Crippen LogP contribution in [0.5, 0.6) is 0 Å². The van der Waals surface area contributed by atoms with Crippen LogP contribution in [0.3, 0.4) is 0 Å². The summed E-state index contributed by atoms with van der Waals surface area (Å²) >= 11 is 0. The van der Waals surface area contributed by atoms with Crippen molar-refractivity contribution in [3.8, 4) is 0 Å². The van der Waals surface area contributed by atoms with Crippen LogP contribution in [0.15, 0.2) is 41.7 Å². The average Bonchev–Trinajstić information content (AvgIpc) is 3.31. The molecule has 1 fully saturated rings. The summed E-state index contributed by atoms with van der Waals surface area (Å²) in [6.07, 6.45) is 3.14. The second-order valence-corrected chi connectivity index (χ2v) is 9.05. The van der Waals surface area contributed by atoms with Crippen LogP contribution >= 0.6 is 0 Å². The first-order chi connectivity index (χ1) is 15.9. The number of aryl methyl sites for hydroxylation is 1. The summed E-state index contributed by atoms with van der Waals surface area (Å²) in [7, 11) is -3.71. The van der Waals surface area contributed by atoms with Crippen LogP contribution in [0.2, 0.25) is 0 Å². The number of nitrogens with zero attached hydrogens (tertiary/aromatic N) is 5. The first-order valence-corrected chi connectivity index (χ1v) is 11.7. The summed E-state index contributed by atoms with van der Waals surface area (Å²) in [5.41, 5.74) is 1.01. The largest absolute Gasteiger partial charge is 0.452 e. The van der Waals surface area contributed by atoms with E-state index in [1.165, 1.54) is 39.5 Å². The maximum Gasteiger partial charge on any atom is 0.342 e. The zero-order chi connectivity index (χ0) is 23.4. The summed E-state index contributed by atoms with van der Waals surface area (Å²) < 4.78 is 38.7. The van der Waals surface area contributed by atoms with Crippen molar-refractivity contribution in [1.82, 2.24) is 23.9 Å². The minimum absolute atomic E-state index is 0.0546. The van der Waals surface area contributed by atoms with E-state index in [0.29, 0.717) is 31.1 Å². The summed E-state index contributed by atoms with van der Waals surface area (Å²) in [5, 5.41) is 6.59. The zero-order valence-electron chi connectivity index (χ0n) is 17.8. The van der Waals surface area contributed by atoms with E-state index in [1.807, 2.05) is 6.92 Å². The van der Waals surface area contributed by atoms with Gasteiger partial charge in [0, 0.05) is 25.0 Å². The van der Waals surface area contributed by atoms with Crippen molar-refractivity contribution in [2.24, 2.45) is 0 Å². The molecule has 0 spiro atoms. The molecule has 13 heteroatoms. The number of carbonyl (C=O) groups excluding carboxylic acids is 2. The van der Waals surface area contributed by atoms with Crippen LogP contribution in [0.4, 0.5) is 5.69 Å². The fourth-order valence-corrected chi connectivity index (χ4v) is 4.87. The number of ether oxygens (including phenoxy) is 2. The van der Waals surface area contributed by atoms with Crippen LogP contribution in [0, 0.1) is 0 Å². The average molecular weight is 474 g/mol. The van der Waals surface area contributed by atoms with E-state index < -0.39 is 28.5 Å². The maximum atomic E-state index is 12.8. The predicted octanol–water partition coefficient (Wildman–Crippen LogP) is 0.503. The molecule has 1 N–H and O–H groups in total. The number of amides is 1. The van der Waals surface area contributed by atoms with Gasteiger partial charge in [-0.05, 0) is 24.6 Å². The molecule has 1 saturated heterocycles. The number of nitrogens with one attached hydrogen (secondary N) is 1. The molecule has 3 aromatic rings. The highest BCUT2D eigenvalue weighted by Gasteiger charge is 2.26. The Kier molecular flexibility index (Phi) is 6.62. The smallest absolute Gasteiger partial charge is 0.342 e. The third-order valence-corrected chi connectivity index (χ3v) is 6.91. The lowest BCUT2D eigenvalue weighted by molar-refractivity contribution is -0.119. The van der Waals surface area contributed by atoms with E-state index in [4.69, 9.17) is 9.47 Å². The van der Waals surface area contributed by atoms with Crippen molar-refractivity contribution in [2.75, 3.05) is 38.2 Å². The van der Waals surface area contributed by atoms with Gasteiger partial charge in [-0.25, -0.2) is 22.7 Å². The van der Waals surface area contributed by atoms with Crippen LogP contribution in [0.25, 0.3) is 5.78 Å². The SMILES string of the molecule is CCc1c(C(=O)OCC(=O)Nc2cccc(S(=O)(=O)N3CCOCC3)c2)cnc2ncnn12. The van der Waals surface area contributed by atoms with E-state index in [-0.39, 0.29) is 29.2 Å². The normalized spacial score (nSPS) is 14.8. The Morgan fingerprint density at radius 2 is 2.00 bits per heavy atom. The van der Waals surface area contributed by atoms with Crippen molar-refractivity contribution < 1.29 is 27.5 Å². The Hall–Kier alpha value is -3.42. The molecule has 3 heterocycles. The standard InChI is InChI=1S/C20H22N6O6S/c1-2-17-16(11-21-20-22-13-23-26(17)20)19(28)32-12-18(27)24-14-4-3-5-15(10-14)33(29,30)25-6-8-31-9-7-25/h3-5,10-11,13H,2,6-9,12H2,1H3,(H,24,27). The third kappa shape index (κ3) is 4.84. The molecular weight excluding hydrogens is 452 g/mol. The van der Waals surface area contributed by atoms with Gasteiger partial charge in [0.05, 0.1) is 29.4 Å². The monoisotopic (exact) mass is 474 g/mol. The van der Waals surface area contributed by atoms with Gasteiger partial charge in [-0.3, -0.25) is 4.79 Å². The topological polar surface area (TPSA) is 145 Å². The number of hydrogen-bond donors (Lipinski definition) is 1. The second-order valence-electron chi connectivity index (χ2n) is 7.11. The fraction of sp³-hybridized carbons (Fsp3) is 0.350. The van der Waals surface area contributed by atoms with Gasteiger partial charge in [-0.1, -0.05) is 13.0 Å². The number of rotatable bonds is 7. The zero-order valence-corrected chi connectivity index (χ0v) is 18.6. The van der Waals surface area contributed by atoms with Gasteiger partial charge in [-0.15, -0.1) is 0 Å². The second kappa shape index (κ2) is 9.60. The van der Waals surface area contributed by atoms with Crippen molar-refractivity contribution >= 4 is 33.4 Å². The summed E-state index contributed by atoms with van der Waals surface area (Å²) in [5.74, 6) is -0.985. The number of morpholine rings is 1. The van der Waals surface area contributed by atoms with Crippen LogP contribution in [0.1, 0.15) is 23.0 Å². The summed E-state index contributed by atoms with van der Waals surface area (Å²) in [6.45, 7) is 2.49. The number of fused-ring (bicyclic) bond motifs is 1. The minimum Gasteiger partial charge on any atom is -0.452 e. The van der Waals surface area contributed by atoms with E-state index in [0.717, 1.165) is 0 Å². The number of esters is 1. The third-order valence-electron chi connectivity index (χ3n) is 5.02. The van der Waals surface area contributed by atoms with Crippen LogP contribution in [-0.2, 0) is 30.7 Å². The van der Waals surface area contributed by atoms with Gasteiger partial charge in [0.25, 0.3) is 11.7 Å². The van der Waals surface area contributed by atoms with Gasteiger partial charge in [0.1, 0.15) is 6.33 Å². The molecule has 33 heavy (non-hydrogen) atoms. The van der Waals surface area contributed by atoms with Crippen molar-refractivity contribution in [1.29, 1.82) is 0 Å². The van der Waals surface area contributed by atoms with E-state index >= 15 is 0 Å². The van der Waals surface area contributed by atoms with Crippen molar-refractivity contribution in [3.63, 3.8) is 0 Å². The summed E-state index contributed by atoms with van der Waals surface area (Å²) in [6, 6.07) is 5.90. The lowest BCUT2D eigenvalue weighted by Gasteiger charge is -2.26. The number of sulfonamides is 1. The fourth-order valence-electron chi connectivity index (χ4n) is 3.41. The molecular formula is C20H22N6O6S. The predicted molar refractivity (Wildman–Crippen MR) is 115 cm³/mol. The molecule has 1 aromatic carbocycles. The highest BCUT2D eigenvalue weighted by atomic mass is 32.2. The summed E-state index contributed by atoms with van der Waals surface area (Å²) in [4.78, 5) is 32.9. The minimum atomic E-state index is -3.71. The Labute approximate surface area is 189 Å². The first-order valence-electron chi connectivity index (χ1n) is 10.2. The molecule has 0 saturated carbocycles. The maximum absolute atomic E-state index is 12.8. The Morgan fingerprint density at radius 1 is 1.21 bits per heavy atom. The molecule has 1 amide bonds. The number of aromatic nitrogens is 4. The molecule has 0 atom stereocenters. The van der Waals surface area contributed by atoms with E-state index in [1.54, 1.807) is 6.07 Å². The van der Waals surface area contributed by atoms with Crippen molar-refractivity contribution in [2.45, 2.75) is 18.2 Å². The lowest BCUT2D eigenvalue weighted by atomic mass is 10.2. The Bertz CT molecular complexity index is 1290. The molecule has 0 aliphatic carbocycles. The number of hydrogen-bond acceptors (Lipinski definition) is 9. The molecule has 4 rings (SSSR count). The molecule has 2 aromatic heterocycles. The molecule has 0 radical (unpaired) electrons.